The van der Waals surface area contributed by atoms with Crippen LogP contribution < -0.4 is 5.32 Å². The number of rotatable bonds is 4. The van der Waals surface area contributed by atoms with Gasteiger partial charge in [0.05, 0.1) is 0 Å². The lowest BCUT2D eigenvalue weighted by molar-refractivity contribution is 0.388. The van der Waals surface area contributed by atoms with Gasteiger partial charge in [0.1, 0.15) is 0 Å². The van der Waals surface area contributed by atoms with E-state index in [1.54, 1.807) is 0 Å². The van der Waals surface area contributed by atoms with Gasteiger partial charge in [0.2, 0.25) is 0 Å². The predicted molar refractivity (Wildman–Crippen MR) is 79.7 cm³/mol. The summed E-state index contributed by atoms with van der Waals surface area (Å²) in [5.41, 5.74) is 0. The van der Waals surface area contributed by atoms with Crippen LogP contribution in [0.25, 0.3) is 0 Å². The highest BCUT2D eigenvalue weighted by molar-refractivity contribution is 9.10. The van der Waals surface area contributed by atoms with Gasteiger partial charge in [-0.2, -0.15) is 0 Å². The molecule has 1 fully saturated rings. The van der Waals surface area contributed by atoms with E-state index in [1.165, 1.54) is 30.6 Å². The van der Waals surface area contributed by atoms with Gasteiger partial charge in [-0.05, 0) is 50.1 Å². The molecule has 2 atom stereocenters. The highest BCUT2D eigenvalue weighted by atomic mass is 79.9. The molecule has 0 radical (unpaired) electrons. The summed E-state index contributed by atoms with van der Waals surface area (Å²) in [5, 5.41) is 4.37. The van der Waals surface area contributed by atoms with Crippen LogP contribution in [0, 0.1) is 0 Å². The van der Waals surface area contributed by atoms with Crippen molar-refractivity contribution >= 4 is 27.7 Å². The Bertz CT molecular complexity index is 337. The summed E-state index contributed by atoms with van der Waals surface area (Å²) in [5.74, 6) is 0. The number of thioether (sulfide) groups is 1. The molecule has 0 bridgehead atoms. The topological polar surface area (TPSA) is 12.0 Å². The van der Waals surface area contributed by atoms with E-state index in [1.807, 2.05) is 11.8 Å². The summed E-state index contributed by atoms with van der Waals surface area (Å²) in [6.07, 6.45) is 5.40. The molecule has 1 saturated carbocycles. The zero-order chi connectivity index (χ0) is 12.1. The Labute approximate surface area is 117 Å². The van der Waals surface area contributed by atoms with E-state index >= 15 is 0 Å². The van der Waals surface area contributed by atoms with Gasteiger partial charge in [0, 0.05) is 20.7 Å². The van der Waals surface area contributed by atoms with Gasteiger partial charge in [-0.1, -0.05) is 29.3 Å². The predicted octanol–water partition coefficient (Wildman–Crippen LogP) is 4.46. The van der Waals surface area contributed by atoms with Crippen LogP contribution in [0.15, 0.2) is 33.6 Å². The van der Waals surface area contributed by atoms with Crippen molar-refractivity contribution in [2.75, 3.05) is 6.54 Å². The molecule has 1 nitrogen and oxygen atoms in total. The maximum atomic E-state index is 3.59. The van der Waals surface area contributed by atoms with E-state index in [2.05, 4.69) is 52.4 Å². The van der Waals surface area contributed by atoms with Crippen LogP contribution in [0.3, 0.4) is 0 Å². The van der Waals surface area contributed by atoms with Gasteiger partial charge < -0.3 is 5.32 Å². The lowest BCUT2D eigenvalue weighted by Crippen LogP contribution is -2.34. The summed E-state index contributed by atoms with van der Waals surface area (Å²) in [6, 6.07) is 9.43. The van der Waals surface area contributed by atoms with Crippen molar-refractivity contribution in [3.8, 4) is 0 Å². The summed E-state index contributed by atoms with van der Waals surface area (Å²) >= 11 is 5.52. The summed E-state index contributed by atoms with van der Waals surface area (Å²) < 4.78 is 1.16. The molecular formula is C14H20BrNS. The van der Waals surface area contributed by atoms with E-state index in [0.29, 0.717) is 0 Å². The van der Waals surface area contributed by atoms with Gasteiger partial charge in [0.15, 0.2) is 0 Å². The second-order valence-corrected chi connectivity index (χ2v) is 6.90. The highest BCUT2D eigenvalue weighted by Crippen LogP contribution is 2.34. The Morgan fingerprint density at radius 2 is 2.06 bits per heavy atom. The number of benzene rings is 1. The highest BCUT2D eigenvalue weighted by Gasteiger charge is 2.21. The first-order valence-electron chi connectivity index (χ1n) is 6.43. The Balaban J connectivity index is 1.87. The minimum absolute atomic E-state index is 0.738. The van der Waals surface area contributed by atoms with Gasteiger partial charge in [-0.3, -0.25) is 0 Å². The zero-order valence-electron chi connectivity index (χ0n) is 10.3. The fourth-order valence-electron chi connectivity index (χ4n) is 2.43. The molecule has 0 spiro atoms. The van der Waals surface area contributed by atoms with Crippen molar-refractivity contribution in [2.24, 2.45) is 0 Å². The Morgan fingerprint density at radius 1 is 1.29 bits per heavy atom. The van der Waals surface area contributed by atoms with Crippen LogP contribution >= 0.6 is 27.7 Å². The van der Waals surface area contributed by atoms with Crippen LogP contribution in [-0.2, 0) is 0 Å². The molecule has 1 aliphatic rings. The molecule has 0 saturated heterocycles. The molecule has 1 aromatic carbocycles. The zero-order valence-corrected chi connectivity index (χ0v) is 12.7. The molecular weight excluding hydrogens is 294 g/mol. The van der Waals surface area contributed by atoms with Crippen molar-refractivity contribution in [2.45, 2.75) is 48.8 Å². The fraction of sp³-hybridized carbons (Fsp3) is 0.571. The SMILES string of the molecule is CCNC1CCCC(Sc2ccc(Br)cc2)C1. The molecule has 94 valence electrons. The van der Waals surface area contributed by atoms with Crippen molar-refractivity contribution in [1.29, 1.82) is 0 Å². The summed E-state index contributed by atoms with van der Waals surface area (Å²) in [6.45, 7) is 3.30. The van der Waals surface area contributed by atoms with E-state index < -0.39 is 0 Å². The Morgan fingerprint density at radius 3 is 2.76 bits per heavy atom. The number of halogens is 1. The third-order valence-electron chi connectivity index (χ3n) is 3.24. The van der Waals surface area contributed by atoms with E-state index in [-0.39, 0.29) is 0 Å². The smallest absolute Gasteiger partial charge is 0.0176 e. The number of hydrogen-bond donors (Lipinski definition) is 1. The quantitative estimate of drug-likeness (QED) is 0.880. The number of nitrogens with one attached hydrogen (secondary N) is 1. The van der Waals surface area contributed by atoms with Crippen molar-refractivity contribution in [1.82, 2.24) is 5.32 Å². The molecule has 3 heteroatoms. The van der Waals surface area contributed by atoms with Crippen LogP contribution in [0.4, 0.5) is 0 Å². The molecule has 17 heavy (non-hydrogen) atoms. The minimum Gasteiger partial charge on any atom is -0.314 e. The first-order chi connectivity index (χ1) is 8.28. The van der Waals surface area contributed by atoms with Crippen LogP contribution in [-0.4, -0.2) is 17.8 Å². The Hall–Kier alpha value is 0.01000. The maximum absolute atomic E-state index is 3.59. The first kappa shape index (κ1) is 13.4. The third kappa shape index (κ3) is 4.31. The molecule has 2 rings (SSSR count). The number of hydrogen-bond acceptors (Lipinski definition) is 2. The van der Waals surface area contributed by atoms with Crippen LogP contribution in [0.1, 0.15) is 32.6 Å². The van der Waals surface area contributed by atoms with E-state index in [4.69, 9.17) is 0 Å². The molecule has 0 aliphatic heterocycles. The van der Waals surface area contributed by atoms with Gasteiger partial charge in [-0.15, -0.1) is 11.8 Å². The molecule has 0 amide bonds. The molecule has 0 aromatic heterocycles. The average molecular weight is 314 g/mol. The van der Waals surface area contributed by atoms with Crippen LogP contribution in [0.5, 0.6) is 0 Å². The molecule has 1 aliphatic carbocycles. The molecule has 2 unspecified atom stereocenters. The standard InChI is InChI=1S/C14H20BrNS/c1-2-16-12-4-3-5-14(10-12)17-13-8-6-11(15)7-9-13/h6-9,12,14,16H,2-5,10H2,1H3. The van der Waals surface area contributed by atoms with Gasteiger partial charge in [0.25, 0.3) is 0 Å². The lowest BCUT2D eigenvalue weighted by Gasteiger charge is -2.29. The first-order valence-corrected chi connectivity index (χ1v) is 8.11. The monoisotopic (exact) mass is 313 g/mol. The molecule has 1 N–H and O–H groups in total. The fourth-order valence-corrected chi connectivity index (χ4v) is 3.99. The molecule has 1 aromatic rings. The minimum atomic E-state index is 0.738. The summed E-state index contributed by atoms with van der Waals surface area (Å²) in [7, 11) is 0. The van der Waals surface area contributed by atoms with E-state index in [0.717, 1.165) is 22.3 Å². The second kappa shape index (κ2) is 6.81. The molecule has 0 heterocycles. The van der Waals surface area contributed by atoms with Crippen molar-refractivity contribution in [3.05, 3.63) is 28.7 Å². The third-order valence-corrected chi connectivity index (χ3v) is 5.07. The van der Waals surface area contributed by atoms with Crippen molar-refractivity contribution < 1.29 is 0 Å². The normalized spacial score (nSPS) is 24.8. The summed E-state index contributed by atoms with van der Waals surface area (Å²) in [4.78, 5) is 1.40. The maximum Gasteiger partial charge on any atom is 0.0176 e. The Kier molecular flexibility index (Phi) is 5.39. The van der Waals surface area contributed by atoms with Crippen LogP contribution in [0.2, 0.25) is 0 Å². The van der Waals surface area contributed by atoms with Crippen molar-refractivity contribution in [3.63, 3.8) is 0 Å². The van der Waals surface area contributed by atoms with E-state index in [9.17, 15) is 0 Å². The van der Waals surface area contributed by atoms with Gasteiger partial charge in [-0.25, -0.2) is 0 Å². The second-order valence-electron chi connectivity index (χ2n) is 4.61. The largest absolute Gasteiger partial charge is 0.314 e. The average Bonchev–Trinajstić information content (AvgIpc) is 2.33. The van der Waals surface area contributed by atoms with Gasteiger partial charge >= 0.3 is 0 Å². The lowest BCUT2D eigenvalue weighted by atomic mass is 9.95.